The van der Waals surface area contributed by atoms with Gasteiger partial charge < -0.3 is 20.4 Å². The highest BCUT2D eigenvalue weighted by molar-refractivity contribution is 5.92. The first-order chi connectivity index (χ1) is 9.34. The molecule has 0 spiro atoms. The fourth-order valence-electron chi connectivity index (χ4n) is 1.31. The molecule has 20 heavy (non-hydrogen) atoms. The molecule has 1 rings (SSSR count). The molecular formula is C11H14F3N3O3. The van der Waals surface area contributed by atoms with Crippen LogP contribution in [-0.2, 0) is 15.7 Å². The monoisotopic (exact) mass is 293 g/mol. The van der Waals surface area contributed by atoms with Gasteiger partial charge in [-0.2, -0.15) is 13.2 Å². The first-order valence-electron chi connectivity index (χ1n) is 5.64. The van der Waals surface area contributed by atoms with Gasteiger partial charge in [-0.1, -0.05) is 0 Å². The molecule has 6 nitrogen and oxygen atoms in total. The maximum Gasteiger partial charge on any atom is 0.417 e. The number of carbonyl (C=O) groups excluding carboxylic acids is 1. The van der Waals surface area contributed by atoms with Gasteiger partial charge >= 0.3 is 6.18 Å². The second-order valence-electron chi connectivity index (χ2n) is 3.85. The van der Waals surface area contributed by atoms with Crippen molar-refractivity contribution in [1.29, 1.82) is 0 Å². The molecule has 1 aromatic heterocycles. The summed E-state index contributed by atoms with van der Waals surface area (Å²) in [5.74, 6) is -0.620. The number of anilines is 1. The van der Waals surface area contributed by atoms with E-state index < -0.39 is 28.9 Å². The van der Waals surface area contributed by atoms with Crippen LogP contribution in [-0.4, -0.2) is 37.7 Å². The summed E-state index contributed by atoms with van der Waals surface area (Å²) in [7, 11) is 1.49. The summed E-state index contributed by atoms with van der Waals surface area (Å²) < 4.78 is 42.1. The minimum absolute atomic E-state index is 0.140. The number of aromatic amines is 1. The molecule has 0 saturated carbocycles. The quantitative estimate of drug-likeness (QED) is 0.670. The maximum absolute atomic E-state index is 12.5. The minimum atomic E-state index is -4.60. The van der Waals surface area contributed by atoms with Crippen molar-refractivity contribution in [3.63, 3.8) is 0 Å². The molecule has 0 aliphatic heterocycles. The molecule has 1 heterocycles. The van der Waals surface area contributed by atoms with Gasteiger partial charge in [0.2, 0.25) is 5.91 Å². The van der Waals surface area contributed by atoms with Gasteiger partial charge in [0.05, 0.1) is 18.7 Å². The highest BCUT2D eigenvalue weighted by atomic mass is 19.4. The number of carbonyl (C=O) groups is 1. The van der Waals surface area contributed by atoms with Gasteiger partial charge in [0.1, 0.15) is 5.69 Å². The summed E-state index contributed by atoms with van der Waals surface area (Å²) in [6.45, 7) is 0.652. The normalized spacial score (nSPS) is 11.4. The van der Waals surface area contributed by atoms with Crippen LogP contribution in [0.15, 0.2) is 17.1 Å². The van der Waals surface area contributed by atoms with Crippen LogP contribution in [0.4, 0.5) is 18.9 Å². The standard InChI is InChI=1S/C11H14F3N3O3/c1-20-3-2-15-6-9(18)17-8-4-7(11(12,13)14)5-16-10(8)19/h4-5,15H,2-3,6H2,1H3,(H,16,19)(H,17,18). The van der Waals surface area contributed by atoms with Gasteiger partial charge in [-0.15, -0.1) is 0 Å². The Bertz CT molecular complexity index is 514. The zero-order valence-corrected chi connectivity index (χ0v) is 10.6. The molecule has 1 aromatic rings. The molecule has 0 radical (unpaired) electrons. The van der Waals surface area contributed by atoms with E-state index in [1.807, 2.05) is 4.98 Å². The Morgan fingerprint density at radius 3 is 2.75 bits per heavy atom. The Kier molecular flexibility index (Phi) is 5.71. The fraction of sp³-hybridized carbons (Fsp3) is 0.455. The number of hydrogen-bond acceptors (Lipinski definition) is 4. The van der Waals surface area contributed by atoms with Crippen LogP contribution in [0.3, 0.4) is 0 Å². The van der Waals surface area contributed by atoms with Crippen LogP contribution in [0.5, 0.6) is 0 Å². The number of ether oxygens (including phenoxy) is 1. The van der Waals surface area contributed by atoms with Gasteiger partial charge in [0.25, 0.3) is 5.56 Å². The van der Waals surface area contributed by atoms with E-state index in [4.69, 9.17) is 4.74 Å². The van der Waals surface area contributed by atoms with Crippen molar-refractivity contribution in [2.75, 3.05) is 32.1 Å². The molecular weight excluding hydrogens is 279 g/mol. The van der Waals surface area contributed by atoms with E-state index in [-0.39, 0.29) is 6.54 Å². The average molecular weight is 293 g/mol. The number of methoxy groups -OCH3 is 1. The molecule has 3 N–H and O–H groups in total. The Balaban J connectivity index is 2.67. The van der Waals surface area contributed by atoms with Crippen LogP contribution in [0, 0.1) is 0 Å². The lowest BCUT2D eigenvalue weighted by Crippen LogP contribution is -2.32. The molecule has 1 amide bonds. The van der Waals surface area contributed by atoms with E-state index >= 15 is 0 Å². The molecule has 0 aromatic carbocycles. The fourth-order valence-corrected chi connectivity index (χ4v) is 1.31. The van der Waals surface area contributed by atoms with Crippen molar-refractivity contribution in [1.82, 2.24) is 10.3 Å². The van der Waals surface area contributed by atoms with Crippen molar-refractivity contribution < 1.29 is 22.7 Å². The van der Waals surface area contributed by atoms with Crippen LogP contribution in [0.2, 0.25) is 0 Å². The SMILES string of the molecule is COCCNCC(=O)Nc1cc(C(F)(F)F)c[nH]c1=O. The van der Waals surface area contributed by atoms with E-state index in [9.17, 15) is 22.8 Å². The van der Waals surface area contributed by atoms with Crippen molar-refractivity contribution >= 4 is 11.6 Å². The number of rotatable bonds is 6. The lowest BCUT2D eigenvalue weighted by atomic mass is 10.2. The smallest absolute Gasteiger partial charge is 0.383 e. The van der Waals surface area contributed by atoms with Gasteiger partial charge in [-0.3, -0.25) is 9.59 Å². The summed E-state index contributed by atoms with van der Waals surface area (Å²) in [5.41, 5.74) is -2.29. The Labute approximate surface area is 112 Å². The second kappa shape index (κ2) is 7.06. The predicted octanol–water partition coefficient (Wildman–Crippen LogP) is 0.568. The Hall–Kier alpha value is -1.87. The van der Waals surface area contributed by atoms with Gasteiger partial charge in [-0.05, 0) is 6.07 Å². The van der Waals surface area contributed by atoms with Crippen molar-refractivity contribution in [2.45, 2.75) is 6.18 Å². The molecule has 0 bridgehead atoms. The summed E-state index contributed by atoms with van der Waals surface area (Å²) in [6, 6.07) is 0.589. The molecule has 0 aliphatic rings. The van der Waals surface area contributed by atoms with E-state index in [2.05, 4.69) is 10.6 Å². The van der Waals surface area contributed by atoms with E-state index in [1.54, 1.807) is 0 Å². The minimum Gasteiger partial charge on any atom is -0.383 e. The highest BCUT2D eigenvalue weighted by Crippen LogP contribution is 2.28. The molecule has 0 fully saturated rings. The first kappa shape index (κ1) is 16.2. The second-order valence-corrected chi connectivity index (χ2v) is 3.85. The van der Waals surface area contributed by atoms with Crippen molar-refractivity contribution in [3.05, 3.63) is 28.2 Å². The molecule has 0 aliphatic carbocycles. The number of H-pyrrole nitrogens is 1. The van der Waals surface area contributed by atoms with Crippen LogP contribution in [0.1, 0.15) is 5.56 Å². The summed E-state index contributed by atoms with van der Waals surface area (Å²) in [5, 5.41) is 4.81. The van der Waals surface area contributed by atoms with Gasteiger partial charge in [0.15, 0.2) is 0 Å². The zero-order valence-electron chi connectivity index (χ0n) is 10.6. The first-order valence-corrected chi connectivity index (χ1v) is 5.64. The van der Waals surface area contributed by atoms with E-state index in [0.29, 0.717) is 25.4 Å². The third-order valence-electron chi connectivity index (χ3n) is 2.27. The molecule has 0 unspecified atom stereocenters. The van der Waals surface area contributed by atoms with E-state index in [0.717, 1.165) is 0 Å². The maximum atomic E-state index is 12.5. The van der Waals surface area contributed by atoms with E-state index in [1.165, 1.54) is 7.11 Å². The number of halogens is 3. The third kappa shape index (κ3) is 5.02. The summed E-state index contributed by atoms with van der Waals surface area (Å²) >= 11 is 0. The van der Waals surface area contributed by atoms with Crippen molar-refractivity contribution in [2.24, 2.45) is 0 Å². The molecule has 0 atom stereocenters. The summed E-state index contributed by atoms with van der Waals surface area (Å²) in [4.78, 5) is 24.7. The Morgan fingerprint density at radius 2 is 2.15 bits per heavy atom. The van der Waals surface area contributed by atoms with Crippen molar-refractivity contribution in [3.8, 4) is 0 Å². The van der Waals surface area contributed by atoms with Crippen LogP contribution < -0.4 is 16.2 Å². The number of amides is 1. The zero-order chi connectivity index (χ0) is 15.2. The number of aromatic nitrogens is 1. The molecule has 0 saturated heterocycles. The lowest BCUT2D eigenvalue weighted by Gasteiger charge is -2.09. The van der Waals surface area contributed by atoms with Crippen LogP contribution >= 0.6 is 0 Å². The summed E-state index contributed by atoms with van der Waals surface area (Å²) in [6.07, 6.45) is -4.05. The van der Waals surface area contributed by atoms with Crippen LogP contribution in [0.25, 0.3) is 0 Å². The average Bonchev–Trinajstić information content (AvgIpc) is 2.36. The van der Waals surface area contributed by atoms with Gasteiger partial charge in [-0.25, -0.2) is 0 Å². The topological polar surface area (TPSA) is 83.2 Å². The number of alkyl halides is 3. The number of hydrogen-bond donors (Lipinski definition) is 3. The molecule has 9 heteroatoms. The number of nitrogens with one attached hydrogen (secondary N) is 3. The van der Waals surface area contributed by atoms with Gasteiger partial charge in [0, 0.05) is 19.9 Å². The third-order valence-corrected chi connectivity index (χ3v) is 2.27. The lowest BCUT2D eigenvalue weighted by molar-refractivity contribution is -0.137. The highest BCUT2D eigenvalue weighted by Gasteiger charge is 2.31. The Morgan fingerprint density at radius 1 is 1.45 bits per heavy atom. The largest absolute Gasteiger partial charge is 0.417 e. The number of pyridine rings is 1. The predicted molar refractivity (Wildman–Crippen MR) is 65.4 cm³/mol. The molecule has 112 valence electrons.